The number of urea groups is 1. The van der Waals surface area contributed by atoms with Crippen molar-refractivity contribution in [2.24, 2.45) is 0 Å². The van der Waals surface area contributed by atoms with Gasteiger partial charge in [-0.15, -0.1) is 0 Å². The lowest BCUT2D eigenvalue weighted by molar-refractivity contribution is -0.132. The van der Waals surface area contributed by atoms with Crippen LogP contribution in [0, 0.1) is 6.92 Å². The molecule has 1 N–H and O–H groups in total. The third kappa shape index (κ3) is 2.55. The maximum atomic E-state index is 12.8. The van der Waals surface area contributed by atoms with Gasteiger partial charge in [0.15, 0.2) is 0 Å². The maximum Gasteiger partial charge on any atom is 0.325 e. The fourth-order valence-corrected chi connectivity index (χ4v) is 3.45. The number of carbonyl (C=O) groups is 2. The van der Waals surface area contributed by atoms with Crippen LogP contribution in [-0.4, -0.2) is 22.4 Å². The van der Waals surface area contributed by atoms with Gasteiger partial charge in [-0.3, -0.25) is 9.69 Å². The van der Waals surface area contributed by atoms with Gasteiger partial charge in [0.2, 0.25) is 0 Å². The molecule has 112 valence electrons. The quantitative estimate of drug-likeness (QED) is 0.849. The zero-order valence-electron chi connectivity index (χ0n) is 12.5. The minimum atomic E-state index is -0.629. The fraction of sp³-hybridized carbons (Fsp3) is 0.529. The van der Waals surface area contributed by atoms with Gasteiger partial charge in [-0.1, -0.05) is 49.9 Å². The lowest BCUT2D eigenvalue weighted by atomic mass is 9.90. The lowest BCUT2D eigenvalue weighted by Gasteiger charge is -2.24. The summed E-state index contributed by atoms with van der Waals surface area (Å²) in [5.74, 6) is -0.0300. The predicted octanol–water partition coefficient (Wildman–Crippen LogP) is 3.14. The summed E-state index contributed by atoms with van der Waals surface area (Å²) in [5, 5.41) is 2.99. The molecule has 0 aromatic heterocycles. The van der Waals surface area contributed by atoms with Crippen LogP contribution in [0.5, 0.6) is 0 Å². The van der Waals surface area contributed by atoms with Crippen molar-refractivity contribution in [2.75, 3.05) is 0 Å². The molecule has 3 amide bonds. The lowest BCUT2D eigenvalue weighted by Crippen LogP contribution is -2.46. The Hall–Kier alpha value is -1.84. The van der Waals surface area contributed by atoms with Crippen LogP contribution in [0.2, 0.25) is 0 Å². The molecule has 1 spiro atoms. The van der Waals surface area contributed by atoms with Crippen molar-refractivity contribution in [1.82, 2.24) is 10.2 Å². The number of hydrogen-bond donors (Lipinski definition) is 1. The number of imide groups is 1. The second-order valence-electron chi connectivity index (χ2n) is 6.24. The summed E-state index contributed by atoms with van der Waals surface area (Å²) in [4.78, 5) is 26.5. The summed E-state index contributed by atoms with van der Waals surface area (Å²) < 4.78 is 0. The minimum absolute atomic E-state index is 0.0300. The van der Waals surface area contributed by atoms with Crippen molar-refractivity contribution in [3.8, 4) is 0 Å². The topological polar surface area (TPSA) is 49.4 Å². The summed E-state index contributed by atoms with van der Waals surface area (Å²) in [6.45, 7) is 2.38. The molecule has 2 fully saturated rings. The number of carbonyl (C=O) groups excluding carboxylic acids is 2. The number of rotatable bonds is 2. The number of nitrogens with one attached hydrogen (secondary N) is 1. The highest BCUT2D eigenvalue weighted by Crippen LogP contribution is 2.33. The maximum absolute atomic E-state index is 12.8. The highest BCUT2D eigenvalue weighted by molar-refractivity contribution is 6.07. The summed E-state index contributed by atoms with van der Waals surface area (Å²) in [5.41, 5.74) is 1.52. The third-order valence-electron chi connectivity index (χ3n) is 4.79. The van der Waals surface area contributed by atoms with E-state index in [0.29, 0.717) is 6.54 Å². The number of benzene rings is 1. The van der Waals surface area contributed by atoms with Gasteiger partial charge in [-0.05, 0) is 30.9 Å². The molecule has 1 saturated heterocycles. The average molecular weight is 286 g/mol. The Labute approximate surface area is 125 Å². The van der Waals surface area contributed by atoms with E-state index in [1.165, 1.54) is 4.90 Å². The molecule has 1 aromatic carbocycles. The molecule has 0 radical (unpaired) electrons. The van der Waals surface area contributed by atoms with Crippen molar-refractivity contribution < 1.29 is 9.59 Å². The van der Waals surface area contributed by atoms with Crippen LogP contribution in [0.25, 0.3) is 0 Å². The van der Waals surface area contributed by atoms with E-state index in [0.717, 1.165) is 49.7 Å². The van der Waals surface area contributed by atoms with Crippen LogP contribution in [0.3, 0.4) is 0 Å². The number of amides is 3. The highest BCUT2D eigenvalue weighted by Gasteiger charge is 2.50. The monoisotopic (exact) mass is 286 g/mol. The van der Waals surface area contributed by atoms with Crippen molar-refractivity contribution in [3.05, 3.63) is 35.4 Å². The first-order valence-electron chi connectivity index (χ1n) is 7.81. The van der Waals surface area contributed by atoms with Crippen LogP contribution in [0.4, 0.5) is 4.79 Å². The van der Waals surface area contributed by atoms with Gasteiger partial charge in [0.1, 0.15) is 5.54 Å². The molecule has 4 nitrogen and oxygen atoms in total. The van der Waals surface area contributed by atoms with Crippen molar-refractivity contribution in [2.45, 2.75) is 57.5 Å². The van der Waals surface area contributed by atoms with Gasteiger partial charge >= 0.3 is 6.03 Å². The van der Waals surface area contributed by atoms with Crippen molar-refractivity contribution in [3.63, 3.8) is 0 Å². The summed E-state index contributed by atoms with van der Waals surface area (Å²) in [6.07, 6.45) is 5.91. The normalized spacial score (nSPS) is 21.5. The van der Waals surface area contributed by atoms with Crippen molar-refractivity contribution in [1.29, 1.82) is 0 Å². The second kappa shape index (κ2) is 5.51. The summed E-state index contributed by atoms with van der Waals surface area (Å²) in [6, 6.07) is 7.67. The van der Waals surface area contributed by atoms with E-state index >= 15 is 0 Å². The third-order valence-corrected chi connectivity index (χ3v) is 4.79. The molecule has 2 aliphatic rings. The Morgan fingerprint density at radius 1 is 1.10 bits per heavy atom. The Bertz CT molecular complexity index is 560. The van der Waals surface area contributed by atoms with Gasteiger partial charge < -0.3 is 5.32 Å². The van der Waals surface area contributed by atoms with Gasteiger partial charge in [0, 0.05) is 0 Å². The predicted molar refractivity (Wildman–Crippen MR) is 80.7 cm³/mol. The van der Waals surface area contributed by atoms with Gasteiger partial charge in [0.25, 0.3) is 5.91 Å². The molecule has 1 aromatic rings. The Morgan fingerprint density at radius 3 is 2.43 bits per heavy atom. The molecular weight excluding hydrogens is 264 g/mol. The smallest absolute Gasteiger partial charge is 0.323 e. The van der Waals surface area contributed by atoms with E-state index in [1.54, 1.807) is 0 Å². The Balaban J connectivity index is 1.82. The second-order valence-corrected chi connectivity index (χ2v) is 6.24. The molecule has 0 unspecified atom stereocenters. The highest BCUT2D eigenvalue weighted by atomic mass is 16.2. The first kappa shape index (κ1) is 14.1. The van der Waals surface area contributed by atoms with E-state index in [-0.39, 0.29) is 11.9 Å². The average Bonchev–Trinajstić information content (AvgIpc) is 2.64. The fourth-order valence-electron chi connectivity index (χ4n) is 3.45. The van der Waals surface area contributed by atoms with Crippen LogP contribution in [0.15, 0.2) is 24.3 Å². The Kier molecular flexibility index (Phi) is 3.70. The van der Waals surface area contributed by atoms with Gasteiger partial charge in [0.05, 0.1) is 6.54 Å². The summed E-state index contributed by atoms with van der Waals surface area (Å²) in [7, 11) is 0. The van der Waals surface area contributed by atoms with Crippen molar-refractivity contribution >= 4 is 11.9 Å². The number of aryl methyl sites for hydroxylation is 1. The molecule has 1 saturated carbocycles. The van der Waals surface area contributed by atoms with E-state index in [2.05, 4.69) is 5.32 Å². The van der Waals surface area contributed by atoms with E-state index < -0.39 is 5.54 Å². The van der Waals surface area contributed by atoms with Crippen LogP contribution in [-0.2, 0) is 11.3 Å². The molecule has 1 aliphatic heterocycles. The van der Waals surface area contributed by atoms with E-state index in [1.807, 2.05) is 31.2 Å². The zero-order chi connectivity index (χ0) is 14.9. The summed E-state index contributed by atoms with van der Waals surface area (Å²) >= 11 is 0. The van der Waals surface area contributed by atoms with Crippen LogP contribution < -0.4 is 5.32 Å². The number of nitrogens with zero attached hydrogens (tertiary/aromatic N) is 1. The van der Waals surface area contributed by atoms with Crippen LogP contribution >= 0.6 is 0 Å². The molecular formula is C17H22N2O2. The first-order chi connectivity index (χ1) is 10.1. The molecule has 0 atom stereocenters. The standard InChI is InChI=1S/C17H22N2O2/c1-13-8-4-5-9-14(13)12-19-15(20)17(18-16(19)21)10-6-2-3-7-11-17/h4-5,8-9H,2-3,6-7,10-12H2,1H3,(H,18,21). The molecule has 1 aliphatic carbocycles. The first-order valence-corrected chi connectivity index (χ1v) is 7.81. The molecule has 3 rings (SSSR count). The molecule has 4 heteroatoms. The van der Waals surface area contributed by atoms with E-state index in [9.17, 15) is 9.59 Å². The largest absolute Gasteiger partial charge is 0.325 e. The minimum Gasteiger partial charge on any atom is -0.323 e. The SMILES string of the molecule is Cc1ccccc1CN1C(=O)NC2(CCCCCC2)C1=O. The van der Waals surface area contributed by atoms with Crippen LogP contribution in [0.1, 0.15) is 49.7 Å². The molecule has 21 heavy (non-hydrogen) atoms. The van der Waals surface area contributed by atoms with E-state index in [4.69, 9.17) is 0 Å². The zero-order valence-corrected chi connectivity index (χ0v) is 12.5. The number of hydrogen-bond acceptors (Lipinski definition) is 2. The van der Waals surface area contributed by atoms with Gasteiger partial charge in [-0.2, -0.15) is 0 Å². The Morgan fingerprint density at radius 2 is 1.76 bits per heavy atom. The molecule has 1 heterocycles. The molecule has 0 bridgehead atoms. The van der Waals surface area contributed by atoms with Gasteiger partial charge in [-0.25, -0.2) is 4.79 Å².